The molecule has 0 aliphatic carbocycles. The maximum Gasteiger partial charge on any atom is 0.321 e. The van der Waals surface area contributed by atoms with Gasteiger partial charge in [-0.1, -0.05) is 29.8 Å². The van der Waals surface area contributed by atoms with Gasteiger partial charge in [-0.3, -0.25) is 4.90 Å². The number of anilines is 1. The highest BCUT2D eigenvalue weighted by molar-refractivity contribution is 6.30. The van der Waals surface area contributed by atoms with E-state index >= 15 is 0 Å². The van der Waals surface area contributed by atoms with E-state index in [4.69, 9.17) is 21.1 Å². The molecule has 1 N–H and O–H groups in total. The van der Waals surface area contributed by atoms with Gasteiger partial charge in [0.05, 0.1) is 6.04 Å². The lowest BCUT2D eigenvalue weighted by molar-refractivity contribution is 0.150. The predicted molar refractivity (Wildman–Crippen MR) is 165 cm³/mol. The van der Waals surface area contributed by atoms with Crippen molar-refractivity contribution in [3.63, 3.8) is 0 Å². The highest BCUT2D eigenvalue weighted by Crippen LogP contribution is 2.24. The minimum Gasteiger partial charge on any atom is -0.492 e. The number of carbonyl (C=O) groups is 2. The first-order valence-electron chi connectivity index (χ1n) is 14.3. The molecule has 0 saturated carbocycles. The maximum absolute atomic E-state index is 13.3. The number of carbonyl (C=O) groups excluding carboxylic acids is 2. The molecule has 2 saturated heterocycles. The number of halogens is 1. The van der Waals surface area contributed by atoms with Crippen LogP contribution < -0.4 is 14.8 Å². The molecule has 3 aromatic carbocycles. The summed E-state index contributed by atoms with van der Waals surface area (Å²) in [5.41, 5.74) is 0.683. The van der Waals surface area contributed by atoms with Crippen molar-refractivity contribution in [2.75, 3.05) is 58.7 Å². The average molecular weight is 592 g/mol. The average Bonchev–Trinajstić information content (AvgIpc) is 3.69. The van der Waals surface area contributed by atoms with Gasteiger partial charge >= 0.3 is 12.1 Å². The van der Waals surface area contributed by atoms with Crippen molar-refractivity contribution < 1.29 is 19.1 Å². The molecular formula is C32H38ClN5O4. The van der Waals surface area contributed by atoms with Crippen LogP contribution in [-0.2, 0) is 0 Å². The first kappa shape index (κ1) is 29.5. The number of hydrogen-bond donors (Lipinski definition) is 1. The number of urea groups is 2. The van der Waals surface area contributed by atoms with Crippen molar-refractivity contribution in [2.45, 2.75) is 24.9 Å². The van der Waals surface area contributed by atoms with E-state index in [-0.39, 0.29) is 24.1 Å². The third kappa shape index (κ3) is 7.66. The summed E-state index contributed by atoms with van der Waals surface area (Å²) in [5.74, 6) is 2.25. The summed E-state index contributed by atoms with van der Waals surface area (Å²) in [6.45, 7) is 4.28. The smallest absolute Gasteiger partial charge is 0.321 e. The van der Waals surface area contributed by atoms with E-state index in [1.165, 1.54) is 0 Å². The number of hydrogen-bond acceptors (Lipinski definition) is 5. The number of nitrogens with zero attached hydrogens (tertiary/aromatic N) is 4. The number of likely N-dealkylation sites (tertiary alicyclic amines) is 2. The second-order valence-electron chi connectivity index (χ2n) is 10.8. The maximum atomic E-state index is 13.3. The van der Waals surface area contributed by atoms with Crippen LogP contribution in [0.3, 0.4) is 0 Å². The lowest BCUT2D eigenvalue weighted by atomic mass is 10.2. The molecular weight excluding hydrogens is 554 g/mol. The van der Waals surface area contributed by atoms with Gasteiger partial charge in [-0.15, -0.1) is 0 Å². The van der Waals surface area contributed by atoms with Crippen molar-refractivity contribution in [1.82, 2.24) is 19.6 Å². The Balaban J connectivity index is 1.04. The highest BCUT2D eigenvalue weighted by atomic mass is 35.5. The minimum absolute atomic E-state index is 0.0181. The molecule has 5 rings (SSSR count). The van der Waals surface area contributed by atoms with Crippen molar-refractivity contribution in [2.24, 2.45) is 0 Å². The summed E-state index contributed by atoms with van der Waals surface area (Å²) in [6.07, 6.45) is 1.67. The summed E-state index contributed by atoms with van der Waals surface area (Å²) in [4.78, 5) is 34.0. The Labute approximate surface area is 252 Å². The third-order valence-electron chi connectivity index (χ3n) is 7.97. The number of likely N-dealkylation sites (N-methyl/N-ethyl adjacent to an activating group) is 2. The monoisotopic (exact) mass is 591 g/mol. The molecule has 0 bridgehead atoms. The number of nitrogens with one attached hydrogen (secondary N) is 1. The summed E-state index contributed by atoms with van der Waals surface area (Å²) < 4.78 is 11.7. The molecule has 9 nitrogen and oxygen atoms in total. The lowest BCUT2D eigenvalue weighted by Crippen LogP contribution is -2.48. The molecule has 2 aliphatic heterocycles. The van der Waals surface area contributed by atoms with Gasteiger partial charge in [-0.2, -0.15) is 0 Å². The van der Waals surface area contributed by atoms with E-state index in [0.29, 0.717) is 36.2 Å². The zero-order valence-electron chi connectivity index (χ0n) is 24.1. The van der Waals surface area contributed by atoms with Gasteiger partial charge in [-0.25, -0.2) is 9.59 Å². The fraction of sp³-hybridized carbons (Fsp3) is 0.375. The Morgan fingerprint density at radius 3 is 2.21 bits per heavy atom. The standard InChI is InChI=1S/C32H38ClN5O4/c1-35(31(39)34-25-10-14-30(15-11-25)42-29-6-4-3-5-7-29)27-17-19-38(23-27)32(40)36(2)26-16-18-37(22-26)20-21-41-28-12-8-24(33)9-13-28/h3-15,26-27H,16-23H2,1-2H3,(H,34,39)/t26-,27?/m1/s1. The number of benzene rings is 3. The number of amides is 4. The molecule has 2 aliphatic rings. The van der Waals surface area contributed by atoms with Crippen molar-refractivity contribution in [3.05, 3.63) is 83.9 Å². The van der Waals surface area contributed by atoms with Gasteiger partial charge in [-0.05, 0) is 73.5 Å². The molecule has 2 heterocycles. The zero-order valence-corrected chi connectivity index (χ0v) is 24.9. The van der Waals surface area contributed by atoms with Gasteiger partial charge < -0.3 is 29.5 Å². The van der Waals surface area contributed by atoms with Gasteiger partial charge in [0.2, 0.25) is 0 Å². The topological polar surface area (TPSA) is 77.6 Å². The summed E-state index contributed by atoms with van der Waals surface area (Å²) in [5, 5.41) is 3.64. The van der Waals surface area contributed by atoms with Crippen molar-refractivity contribution >= 4 is 29.4 Å². The van der Waals surface area contributed by atoms with Crippen LogP contribution in [0.2, 0.25) is 5.02 Å². The van der Waals surface area contributed by atoms with Crippen LogP contribution in [0.5, 0.6) is 17.2 Å². The zero-order chi connectivity index (χ0) is 29.5. The molecule has 2 fully saturated rings. The number of rotatable bonds is 9. The highest BCUT2D eigenvalue weighted by Gasteiger charge is 2.35. The van der Waals surface area contributed by atoms with Gasteiger partial charge in [0.15, 0.2) is 0 Å². The van der Waals surface area contributed by atoms with Gasteiger partial charge in [0.25, 0.3) is 0 Å². The Morgan fingerprint density at radius 1 is 0.833 bits per heavy atom. The Morgan fingerprint density at radius 2 is 1.48 bits per heavy atom. The quantitative estimate of drug-likeness (QED) is 0.336. The van der Waals surface area contributed by atoms with Crippen LogP contribution in [-0.4, -0.2) is 97.2 Å². The summed E-state index contributed by atoms with van der Waals surface area (Å²) in [7, 11) is 3.67. The predicted octanol–water partition coefficient (Wildman–Crippen LogP) is 5.88. The number of ether oxygens (including phenoxy) is 2. The normalized spacial score (nSPS) is 18.5. The van der Waals surface area contributed by atoms with Gasteiger partial charge in [0.1, 0.15) is 23.9 Å². The summed E-state index contributed by atoms with van der Waals surface area (Å²) in [6, 6.07) is 24.1. The molecule has 1 unspecified atom stereocenters. The molecule has 0 aromatic heterocycles. The fourth-order valence-corrected chi connectivity index (χ4v) is 5.50. The van der Waals surface area contributed by atoms with Crippen LogP contribution in [0.15, 0.2) is 78.9 Å². The minimum atomic E-state index is -0.202. The molecule has 2 atom stereocenters. The van der Waals surface area contributed by atoms with E-state index in [0.717, 1.165) is 44.0 Å². The molecule has 0 spiro atoms. The fourth-order valence-electron chi connectivity index (χ4n) is 5.37. The largest absolute Gasteiger partial charge is 0.492 e. The molecule has 10 heteroatoms. The van der Waals surface area contributed by atoms with Crippen LogP contribution in [0, 0.1) is 0 Å². The second kappa shape index (κ2) is 13.8. The first-order valence-corrected chi connectivity index (χ1v) is 14.7. The van der Waals surface area contributed by atoms with Crippen molar-refractivity contribution in [3.8, 4) is 17.2 Å². The van der Waals surface area contributed by atoms with E-state index in [9.17, 15) is 9.59 Å². The molecule has 3 aromatic rings. The van der Waals surface area contributed by atoms with E-state index < -0.39 is 0 Å². The Hall–Kier alpha value is -3.95. The lowest BCUT2D eigenvalue weighted by Gasteiger charge is -2.30. The van der Waals surface area contributed by atoms with E-state index in [1.54, 1.807) is 11.9 Å². The second-order valence-corrected chi connectivity index (χ2v) is 11.2. The van der Waals surface area contributed by atoms with Crippen LogP contribution in [0.4, 0.5) is 15.3 Å². The number of para-hydroxylation sites is 1. The molecule has 0 radical (unpaired) electrons. The molecule has 222 valence electrons. The van der Waals surface area contributed by atoms with Crippen LogP contribution in [0.25, 0.3) is 0 Å². The molecule has 42 heavy (non-hydrogen) atoms. The van der Waals surface area contributed by atoms with Gasteiger partial charge in [0, 0.05) is 63.6 Å². The van der Waals surface area contributed by atoms with Crippen LogP contribution >= 0.6 is 11.6 Å². The van der Waals surface area contributed by atoms with Crippen molar-refractivity contribution in [1.29, 1.82) is 0 Å². The first-order chi connectivity index (χ1) is 20.4. The summed E-state index contributed by atoms with van der Waals surface area (Å²) >= 11 is 5.94. The van der Waals surface area contributed by atoms with E-state index in [1.807, 2.05) is 95.7 Å². The Kier molecular flexibility index (Phi) is 9.71. The Bertz CT molecular complexity index is 1320. The van der Waals surface area contributed by atoms with E-state index in [2.05, 4.69) is 10.2 Å². The SMILES string of the molecule is CN(C(=O)Nc1ccc(Oc2ccccc2)cc1)C1CCN(C(=O)N(C)[C@@H]2CCN(CCOc3ccc(Cl)cc3)C2)C1. The third-order valence-corrected chi connectivity index (χ3v) is 8.23. The molecule has 4 amide bonds. The van der Waals surface area contributed by atoms with Crippen LogP contribution in [0.1, 0.15) is 12.8 Å².